The van der Waals surface area contributed by atoms with Gasteiger partial charge in [-0.1, -0.05) is 12.1 Å². The molecule has 0 aliphatic rings. The number of rotatable bonds is 6. The van der Waals surface area contributed by atoms with E-state index in [2.05, 4.69) is 9.97 Å². The van der Waals surface area contributed by atoms with E-state index < -0.39 is 23.5 Å². The summed E-state index contributed by atoms with van der Waals surface area (Å²) < 4.78 is 63.9. The molecule has 2 aromatic heterocycles. The van der Waals surface area contributed by atoms with Crippen molar-refractivity contribution < 1.29 is 36.6 Å². The Kier molecular flexibility index (Phi) is 5.83. The molecule has 0 fully saturated rings. The molecule has 0 amide bonds. The van der Waals surface area contributed by atoms with Gasteiger partial charge in [-0.2, -0.15) is 13.2 Å². The molecule has 172 valence electrons. The number of carboxylic acids is 1. The molecule has 11 heteroatoms. The van der Waals surface area contributed by atoms with Gasteiger partial charge in [-0.25, -0.2) is 14.4 Å². The lowest BCUT2D eigenvalue weighted by molar-refractivity contribution is -0.139. The molecule has 33 heavy (non-hydrogen) atoms. The molecule has 2 N–H and O–H groups in total. The molecule has 0 saturated heterocycles. The van der Waals surface area contributed by atoms with E-state index in [1.165, 1.54) is 17.4 Å². The highest BCUT2D eigenvalue weighted by Gasteiger charge is 2.34. The third-order valence-electron chi connectivity index (χ3n) is 4.83. The lowest BCUT2D eigenvalue weighted by atomic mass is 10.1. The number of aryl methyl sites for hydroxylation is 2. The van der Waals surface area contributed by atoms with Crippen LogP contribution in [0.4, 0.5) is 17.6 Å². The first-order chi connectivity index (χ1) is 15.5. The Balaban J connectivity index is 1.59. The topological polar surface area (TPSA) is 89.8 Å². The summed E-state index contributed by atoms with van der Waals surface area (Å²) in [6, 6.07) is 6.17. The number of aromatic nitrogens is 2. The standard InChI is InChI=1S/C22H16F4N2O4S/c1-10-3-6-15-19(28-17(32-15)8-18(29)30)20(10)31-9-16-11(2)27-21(33-16)12-4-5-13(14(23)7-12)22(24,25)26/h3-7H,8-9H2,1-2H3,(H,29,30)/p+1. The molecule has 4 rings (SSSR count). The number of ether oxygens (including phenoxy) is 1. The molecule has 0 saturated carbocycles. The third-order valence-corrected chi connectivity index (χ3v) is 6.01. The van der Waals surface area contributed by atoms with Gasteiger partial charge in [0, 0.05) is 5.56 Å². The number of carboxylic acid groups (broad SMARTS) is 1. The number of alkyl halides is 3. The molecule has 0 radical (unpaired) electrons. The number of oxazole rings is 1. The van der Waals surface area contributed by atoms with E-state index >= 15 is 0 Å². The Morgan fingerprint density at radius 2 is 1.94 bits per heavy atom. The quantitative estimate of drug-likeness (QED) is 0.273. The van der Waals surface area contributed by atoms with Gasteiger partial charge in [0.1, 0.15) is 17.4 Å². The van der Waals surface area contributed by atoms with Crippen LogP contribution in [-0.2, 0) is 19.2 Å². The highest BCUT2D eigenvalue weighted by molar-refractivity contribution is 7.15. The molecule has 0 atom stereocenters. The summed E-state index contributed by atoms with van der Waals surface area (Å²) in [5.74, 6) is -1.63. The lowest BCUT2D eigenvalue weighted by Gasteiger charge is -2.08. The number of benzene rings is 2. The lowest BCUT2D eigenvalue weighted by Crippen LogP contribution is -2.07. The molecule has 2 heterocycles. The zero-order chi connectivity index (χ0) is 23.9. The molecule has 4 aromatic rings. The summed E-state index contributed by atoms with van der Waals surface area (Å²) in [7, 11) is 0. The monoisotopic (exact) mass is 481 g/mol. The van der Waals surface area contributed by atoms with Crippen molar-refractivity contribution in [3.8, 4) is 16.3 Å². The van der Waals surface area contributed by atoms with Crippen LogP contribution in [0, 0.1) is 19.7 Å². The Labute approximate surface area is 188 Å². The van der Waals surface area contributed by atoms with Crippen molar-refractivity contribution in [3.63, 3.8) is 0 Å². The molecule has 0 spiro atoms. The van der Waals surface area contributed by atoms with Crippen molar-refractivity contribution in [2.45, 2.75) is 33.1 Å². The predicted octanol–water partition coefficient (Wildman–Crippen LogP) is 5.91. The van der Waals surface area contributed by atoms with Crippen LogP contribution in [0.1, 0.15) is 27.6 Å². The Bertz CT molecular complexity index is 1360. The van der Waals surface area contributed by atoms with Gasteiger partial charge in [-0.05, 0) is 37.6 Å². The number of fused-ring (bicyclic) bond motifs is 1. The first-order valence-electron chi connectivity index (χ1n) is 9.62. The second kappa shape index (κ2) is 8.47. The van der Waals surface area contributed by atoms with Crippen LogP contribution in [0.3, 0.4) is 0 Å². The maximum atomic E-state index is 14.0. The number of aliphatic carboxylic acids is 1. The summed E-state index contributed by atoms with van der Waals surface area (Å²) in [4.78, 5) is 18.4. The largest absolute Gasteiger partial charge is 0.490 e. The highest BCUT2D eigenvalue weighted by atomic mass is 32.1. The van der Waals surface area contributed by atoms with Crippen molar-refractivity contribution in [2.24, 2.45) is 0 Å². The number of aliphatic hydroxyl groups excluding tert-OH is 1. The number of halogens is 4. The first kappa shape index (κ1) is 22.7. The number of nitrogens with zero attached hydrogens (tertiary/aromatic N) is 2. The fourth-order valence-electron chi connectivity index (χ4n) is 3.21. The van der Waals surface area contributed by atoms with Crippen molar-refractivity contribution in [1.29, 1.82) is 0 Å². The molecule has 2 aromatic carbocycles. The maximum Gasteiger partial charge on any atom is 0.490 e. The van der Waals surface area contributed by atoms with Gasteiger partial charge in [0.05, 0.1) is 16.1 Å². The Morgan fingerprint density at radius 1 is 1.18 bits per heavy atom. The number of hydrogen-bond acceptors (Lipinski definition) is 5. The summed E-state index contributed by atoms with van der Waals surface area (Å²) >= 11 is 1.18. The van der Waals surface area contributed by atoms with Crippen LogP contribution in [0.15, 0.2) is 34.7 Å². The van der Waals surface area contributed by atoms with Crippen molar-refractivity contribution in [3.05, 3.63) is 63.7 Å². The van der Waals surface area contributed by atoms with Gasteiger partial charge in [0.25, 0.3) is 0 Å². The first-order valence-corrected chi connectivity index (χ1v) is 10.4. The molecular weight excluding hydrogens is 464 g/mol. The zero-order valence-electron chi connectivity index (χ0n) is 17.3. The van der Waals surface area contributed by atoms with E-state index in [4.69, 9.17) is 19.1 Å². The fraction of sp³-hybridized carbons (Fsp3) is 0.227. The molecule has 0 aliphatic heterocycles. The van der Waals surface area contributed by atoms with Gasteiger partial charge >= 0.3 is 12.1 Å². The molecule has 0 unspecified atom stereocenters. The SMILES string of the molecule is Cc1ccc2oc(CC(O)=[OH+])nc2c1OCc1sc(-c2ccc(C(F)(F)F)c(F)c2)nc1C. The van der Waals surface area contributed by atoms with Gasteiger partial charge in [-0.15, -0.1) is 11.3 Å². The normalized spacial score (nSPS) is 11.8. The van der Waals surface area contributed by atoms with E-state index in [-0.39, 0.29) is 24.5 Å². The van der Waals surface area contributed by atoms with Gasteiger partial charge in [0.2, 0.25) is 5.89 Å². The minimum absolute atomic E-state index is 0.0894. The van der Waals surface area contributed by atoms with Gasteiger partial charge in [-0.3, -0.25) is 0 Å². The molecular formula is C22H17F4N2O4S+. The third kappa shape index (κ3) is 4.68. The Hall–Kier alpha value is -3.47. The van der Waals surface area contributed by atoms with Crippen LogP contribution in [-0.4, -0.2) is 25.8 Å². The highest BCUT2D eigenvalue weighted by Crippen LogP contribution is 2.36. The smallest absolute Gasteiger partial charge is 0.485 e. The van der Waals surface area contributed by atoms with E-state index in [0.717, 1.165) is 11.6 Å². The minimum atomic E-state index is -4.77. The van der Waals surface area contributed by atoms with Gasteiger partial charge in [0.15, 0.2) is 23.3 Å². The van der Waals surface area contributed by atoms with Crippen molar-refractivity contribution in [2.75, 3.05) is 0 Å². The van der Waals surface area contributed by atoms with Crippen LogP contribution in [0.2, 0.25) is 0 Å². The average Bonchev–Trinajstić information content (AvgIpc) is 3.28. The van der Waals surface area contributed by atoms with Crippen LogP contribution in [0.25, 0.3) is 21.7 Å². The fourth-order valence-corrected chi connectivity index (χ4v) is 4.18. The van der Waals surface area contributed by atoms with E-state index in [1.807, 2.05) is 6.92 Å². The van der Waals surface area contributed by atoms with E-state index in [9.17, 15) is 17.6 Å². The average molecular weight is 481 g/mol. The second-order valence-electron chi connectivity index (χ2n) is 7.27. The molecule has 6 nitrogen and oxygen atoms in total. The predicted molar refractivity (Wildman–Crippen MR) is 114 cm³/mol. The second-order valence-corrected chi connectivity index (χ2v) is 8.35. The number of hydrogen-bond donors (Lipinski definition) is 1. The zero-order valence-corrected chi connectivity index (χ0v) is 18.1. The van der Waals surface area contributed by atoms with E-state index in [1.54, 1.807) is 19.1 Å². The number of thiazole rings is 1. The summed E-state index contributed by atoms with van der Waals surface area (Å²) in [6.45, 7) is 3.63. The van der Waals surface area contributed by atoms with Gasteiger partial charge < -0.3 is 19.1 Å². The molecule has 0 bridgehead atoms. The van der Waals surface area contributed by atoms with Crippen LogP contribution < -0.4 is 4.74 Å². The van der Waals surface area contributed by atoms with Crippen molar-refractivity contribution >= 4 is 28.4 Å². The van der Waals surface area contributed by atoms with E-state index in [0.29, 0.717) is 38.5 Å². The summed E-state index contributed by atoms with van der Waals surface area (Å²) in [5, 5.41) is 9.43. The molecule has 0 aliphatic carbocycles. The Morgan fingerprint density at radius 3 is 2.61 bits per heavy atom. The van der Waals surface area contributed by atoms with Crippen molar-refractivity contribution in [1.82, 2.24) is 9.97 Å². The summed E-state index contributed by atoms with van der Waals surface area (Å²) in [5.41, 5.74) is 1.10. The minimum Gasteiger partial charge on any atom is -0.485 e. The van der Waals surface area contributed by atoms with Crippen LogP contribution >= 0.6 is 11.3 Å². The van der Waals surface area contributed by atoms with Crippen LogP contribution in [0.5, 0.6) is 5.75 Å². The summed E-state index contributed by atoms with van der Waals surface area (Å²) in [6.07, 6.45) is -5.03. The maximum absolute atomic E-state index is 14.0.